The van der Waals surface area contributed by atoms with Crippen LogP contribution in [0.4, 0.5) is 4.79 Å². The van der Waals surface area contributed by atoms with Gasteiger partial charge in [-0.15, -0.1) is 11.8 Å². The van der Waals surface area contributed by atoms with Crippen molar-refractivity contribution in [2.75, 3.05) is 6.54 Å². The van der Waals surface area contributed by atoms with Crippen molar-refractivity contribution < 1.29 is 19.4 Å². The van der Waals surface area contributed by atoms with E-state index in [0.717, 1.165) is 28.7 Å². The number of nitrogens with zero attached hydrogens (tertiary/aromatic N) is 1. The topological polar surface area (TPSA) is 78.9 Å². The van der Waals surface area contributed by atoms with E-state index in [0.29, 0.717) is 13.0 Å². The van der Waals surface area contributed by atoms with E-state index in [1.54, 1.807) is 16.7 Å². The molecule has 4 unspecified atom stereocenters. The Morgan fingerprint density at radius 3 is 1.86 bits per heavy atom. The van der Waals surface area contributed by atoms with Gasteiger partial charge in [0, 0.05) is 6.54 Å². The lowest BCUT2D eigenvalue weighted by Crippen LogP contribution is -2.65. The first-order valence-electron chi connectivity index (χ1n) is 14.4. The van der Waals surface area contributed by atoms with Gasteiger partial charge in [0.05, 0.1) is 28.2 Å². The molecule has 2 saturated heterocycles. The minimum Gasteiger partial charge on any atom is -0.445 e. The third-order valence-corrected chi connectivity index (χ3v) is 9.98. The molecule has 2 heterocycles. The fourth-order valence-electron chi connectivity index (χ4n) is 6.13. The molecule has 2 aliphatic rings. The van der Waals surface area contributed by atoms with Gasteiger partial charge in [-0.1, -0.05) is 121 Å². The van der Waals surface area contributed by atoms with E-state index in [1.807, 2.05) is 84.9 Å². The van der Waals surface area contributed by atoms with Gasteiger partial charge < -0.3 is 20.1 Å². The Bertz CT molecular complexity index is 1390. The molecule has 6 rings (SSSR count). The summed E-state index contributed by atoms with van der Waals surface area (Å²) in [6.07, 6.45) is -0.125. The Balaban J connectivity index is 1.28. The van der Waals surface area contributed by atoms with Crippen molar-refractivity contribution in [1.82, 2.24) is 10.2 Å². The number of rotatable bonds is 9. The van der Waals surface area contributed by atoms with Crippen LogP contribution >= 0.6 is 11.8 Å². The van der Waals surface area contributed by atoms with Crippen LogP contribution in [-0.4, -0.2) is 46.1 Å². The molecular formula is C35H34N2O4S. The van der Waals surface area contributed by atoms with Crippen LogP contribution in [0, 0.1) is 5.92 Å². The smallest absolute Gasteiger partial charge is 0.410 e. The van der Waals surface area contributed by atoms with Gasteiger partial charge in [-0.2, -0.15) is 0 Å². The number of carbonyl (C=O) groups is 2. The molecule has 2 fully saturated rings. The summed E-state index contributed by atoms with van der Waals surface area (Å²) in [5.74, 6) is -0.884. The number of carbonyl (C=O) groups excluding carboxylic acids is 2. The molecule has 0 saturated carbocycles. The molecule has 2 aliphatic heterocycles. The maximum absolute atomic E-state index is 13.1. The van der Waals surface area contributed by atoms with Gasteiger partial charge in [0.15, 0.2) is 0 Å². The number of β-lactam (4-membered cyclic amide) rings is 1. The van der Waals surface area contributed by atoms with E-state index in [4.69, 9.17) is 4.74 Å². The molecule has 4 aromatic rings. The molecule has 0 spiro atoms. The van der Waals surface area contributed by atoms with Crippen molar-refractivity contribution in [3.8, 4) is 0 Å². The average molecular weight is 579 g/mol. The summed E-state index contributed by atoms with van der Waals surface area (Å²) < 4.78 is 4.95. The van der Waals surface area contributed by atoms with Crippen LogP contribution in [0.1, 0.15) is 35.1 Å². The number of benzene rings is 4. The number of thioether (sulfide) groups is 1. The highest BCUT2D eigenvalue weighted by Gasteiger charge is 2.53. The molecule has 0 radical (unpaired) electrons. The number of aliphatic hydroxyl groups excluding tert-OH is 1. The molecular weight excluding hydrogens is 544 g/mol. The monoisotopic (exact) mass is 578 g/mol. The fraction of sp³-hybridized carbons (Fsp3) is 0.257. The van der Waals surface area contributed by atoms with Crippen LogP contribution in [0.3, 0.4) is 0 Å². The quantitative estimate of drug-likeness (QED) is 0.190. The van der Waals surface area contributed by atoms with Crippen LogP contribution < -0.4 is 5.32 Å². The van der Waals surface area contributed by atoms with E-state index in [-0.39, 0.29) is 17.9 Å². The van der Waals surface area contributed by atoms with Crippen LogP contribution in [0.15, 0.2) is 121 Å². The zero-order chi connectivity index (χ0) is 28.9. The summed E-state index contributed by atoms with van der Waals surface area (Å²) in [6, 6.07) is 39.9. The Morgan fingerprint density at radius 1 is 0.857 bits per heavy atom. The van der Waals surface area contributed by atoms with Crippen LogP contribution in [0.2, 0.25) is 0 Å². The molecule has 4 aromatic carbocycles. The number of likely N-dealkylation sites (tertiary alicyclic amines) is 1. The number of hydrogen-bond acceptors (Lipinski definition) is 5. The molecule has 2 amide bonds. The lowest BCUT2D eigenvalue weighted by molar-refractivity contribution is -0.139. The number of hydrogen-bond donors (Lipinski definition) is 2. The molecule has 214 valence electrons. The van der Waals surface area contributed by atoms with E-state index in [2.05, 4.69) is 41.7 Å². The van der Waals surface area contributed by atoms with Crippen molar-refractivity contribution in [3.63, 3.8) is 0 Å². The minimum absolute atomic E-state index is 0.162. The highest BCUT2D eigenvalue weighted by atomic mass is 32.2. The fourth-order valence-corrected chi connectivity index (χ4v) is 7.94. The molecule has 0 aromatic heterocycles. The Kier molecular flexibility index (Phi) is 8.31. The van der Waals surface area contributed by atoms with Gasteiger partial charge in [-0.25, -0.2) is 4.79 Å². The highest BCUT2D eigenvalue weighted by molar-refractivity contribution is 8.01. The third kappa shape index (κ3) is 5.42. The van der Waals surface area contributed by atoms with Crippen molar-refractivity contribution in [3.05, 3.63) is 144 Å². The first kappa shape index (κ1) is 28.1. The molecule has 7 heteroatoms. The standard InChI is InChI=1S/C35H34N2O4S/c38-31(29-22-13-23-37(29)34(40)41-24-25-14-5-1-6-15-25)30-32(39)36-33(30)42-35(26-16-7-2-8-17-26,27-18-9-3-10-19-27)28-20-11-4-12-21-28/h1-12,14-21,29-31,33,38H,13,22-24H2,(H,36,39). The Morgan fingerprint density at radius 2 is 1.36 bits per heavy atom. The summed E-state index contributed by atoms with van der Waals surface area (Å²) in [6.45, 7) is 0.651. The van der Waals surface area contributed by atoms with Gasteiger partial charge in [0.1, 0.15) is 6.61 Å². The zero-order valence-electron chi connectivity index (χ0n) is 23.2. The first-order valence-corrected chi connectivity index (χ1v) is 15.3. The van der Waals surface area contributed by atoms with Crippen molar-refractivity contribution >= 4 is 23.8 Å². The maximum atomic E-state index is 13.1. The summed E-state index contributed by atoms with van der Waals surface area (Å²) in [7, 11) is 0. The summed E-state index contributed by atoms with van der Waals surface area (Å²) in [5, 5.41) is 14.4. The average Bonchev–Trinajstić information content (AvgIpc) is 3.54. The predicted molar refractivity (Wildman–Crippen MR) is 165 cm³/mol. The van der Waals surface area contributed by atoms with Gasteiger partial charge in [-0.3, -0.25) is 4.79 Å². The Hall–Kier alpha value is -4.07. The molecule has 42 heavy (non-hydrogen) atoms. The van der Waals surface area contributed by atoms with E-state index < -0.39 is 28.9 Å². The molecule has 4 atom stereocenters. The lowest BCUT2D eigenvalue weighted by atomic mass is 9.84. The number of ether oxygens (including phenoxy) is 1. The number of nitrogens with one attached hydrogen (secondary N) is 1. The second-order valence-electron chi connectivity index (χ2n) is 10.8. The van der Waals surface area contributed by atoms with Crippen molar-refractivity contribution in [2.45, 2.75) is 41.7 Å². The summed E-state index contributed by atoms with van der Waals surface area (Å²) in [5.41, 5.74) is 4.13. The lowest BCUT2D eigenvalue weighted by Gasteiger charge is -2.47. The first-order chi connectivity index (χ1) is 20.6. The van der Waals surface area contributed by atoms with E-state index in [1.165, 1.54) is 0 Å². The second-order valence-corrected chi connectivity index (χ2v) is 12.1. The SMILES string of the molecule is O=C1NC(SC(c2ccccc2)(c2ccccc2)c2ccccc2)C1C(O)C1CCCN1C(=O)OCc1ccccc1. The van der Waals surface area contributed by atoms with Crippen molar-refractivity contribution in [2.24, 2.45) is 5.92 Å². The molecule has 0 aliphatic carbocycles. The molecule has 0 bridgehead atoms. The zero-order valence-corrected chi connectivity index (χ0v) is 24.0. The Labute approximate surface area is 250 Å². The normalized spacial score (nSPS) is 20.8. The largest absolute Gasteiger partial charge is 0.445 e. The van der Waals surface area contributed by atoms with E-state index in [9.17, 15) is 14.7 Å². The highest BCUT2D eigenvalue weighted by Crippen LogP contribution is 2.52. The van der Waals surface area contributed by atoms with Crippen molar-refractivity contribution in [1.29, 1.82) is 0 Å². The summed E-state index contributed by atoms with van der Waals surface area (Å²) >= 11 is 1.63. The van der Waals surface area contributed by atoms with Gasteiger partial charge in [-0.05, 0) is 35.1 Å². The van der Waals surface area contributed by atoms with Crippen LogP contribution in [0.25, 0.3) is 0 Å². The van der Waals surface area contributed by atoms with Gasteiger partial charge >= 0.3 is 6.09 Å². The predicted octanol–water partition coefficient (Wildman–Crippen LogP) is 5.95. The minimum atomic E-state index is -1.02. The number of aliphatic hydroxyl groups is 1. The second kappa shape index (κ2) is 12.4. The summed E-state index contributed by atoms with van der Waals surface area (Å²) in [4.78, 5) is 27.8. The van der Waals surface area contributed by atoms with Gasteiger partial charge in [0.25, 0.3) is 0 Å². The molecule has 6 nitrogen and oxygen atoms in total. The third-order valence-electron chi connectivity index (χ3n) is 8.26. The maximum Gasteiger partial charge on any atom is 0.410 e. The molecule has 2 N–H and O–H groups in total. The van der Waals surface area contributed by atoms with Crippen LogP contribution in [-0.2, 0) is 20.9 Å². The number of amides is 2. The van der Waals surface area contributed by atoms with Gasteiger partial charge in [0.2, 0.25) is 5.91 Å². The van der Waals surface area contributed by atoms with E-state index >= 15 is 0 Å². The van der Waals surface area contributed by atoms with Crippen LogP contribution in [0.5, 0.6) is 0 Å².